The van der Waals surface area contributed by atoms with Crippen LogP contribution in [-0.4, -0.2) is 14.6 Å². The summed E-state index contributed by atoms with van der Waals surface area (Å²) >= 11 is 12.1. The van der Waals surface area contributed by atoms with E-state index in [1.807, 2.05) is 6.92 Å². The smallest absolute Gasteiger partial charge is 0.159 e. The molecule has 2 aromatic heterocycles. The number of hydrogen-bond acceptors (Lipinski definition) is 3. The van der Waals surface area contributed by atoms with Gasteiger partial charge in [-0.15, -0.1) is 0 Å². The SMILES string of the molecule is C[C@@H](Nc1cc(Cl)nc2ccnn12)c1ccc(F)cc1Cl. The molecule has 1 atom stereocenters. The van der Waals surface area contributed by atoms with Crippen molar-refractivity contribution in [2.75, 3.05) is 5.32 Å². The maximum Gasteiger partial charge on any atom is 0.159 e. The van der Waals surface area contributed by atoms with Gasteiger partial charge in [0.05, 0.1) is 12.2 Å². The summed E-state index contributed by atoms with van der Waals surface area (Å²) in [6.45, 7) is 1.92. The van der Waals surface area contributed by atoms with Crippen LogP contribution in [0.4, 0.5) is 10.2 Å². The molecule has 21 heavy (non-hydrogen) atoms. The van der Waals surface area contributed by atoms with Gasteiger partial charge in [-0.25, -0.2) is 9.37 Å². The molecule has 0 saturated heterocycles. The maximum absolute atomic E-state index is 13.1. The van der Waals surface area contributed by atoms with Crippen LogP contribution in [-0.2, 0) is 0 Å². The number of benzene rings is 1. The predicted octanol–water partition coefficient (Wildman–Crippen LogP) is 4.35. The highest BCUT2D eigenvalue weighted by Gasteiger charge is 2.13. The van der Waals surface area contributed by atoms with Gasteiger partial charge in [0.1, 0.15) is 16.8 Å². The zero-order chi connectivity index (χ0) is 15.0. The van der Waals surface area contributed by atoms with Crippen molar-refractivity contribution < 1.29 is 4.39 Å². The minimum absolute atomic E-state index is 0.149. The lowest BCUT2D eigenvalue weighted by molar-refractivity contribution is 0.626. The Bertz CT molecular complexity index is 803. The molecule has 0 bridgehead atoms. The van der Waals surface area contributed by atoms with Crippen molar-refractivity contribution in [1.82, 2.24) is 14.6 Å². The van der Waals surface area contributed by atoms with Crippen LogP contribution in [0.3, 0.4) is 0 Å². The van der Waals surface area contributed by atoms with Crippen LogP contribution >= 0.6 is 23.2 Å². The van der Waals surface area contributed by atoms with Gasteiger partial charge >= 0.3 is 0 Å². The molecule has 3 aromatic rings. The number of nitrogens with zero attached hydrogens (tertiary/aromatic N) is 3. The highest BCUT2D eigenvalue weighted by Crippen LogP contribution is 2.27. The molecule has 1 N–H and O–H groups in total. The number of halogens is 3. The Morgan fingerprint density at radius 1 is 1.24 bits per heavy atom. The highest BCUT2D eigenvalue weighted by atomic mass is 35.5. The number of anilines is 1. The molecule has 0 unspecified atom stereocenters. The van der Waals surface area contributed by atoms with Crippen molar-refractivity contribution in [3.8, 4) is 0 Å². The van der Waals surface area contributed by atoms with Crippen LogP contribution < -0.4 is 5.32 Å². The largest absolute Gasteiger partial charge is 0.363 e. The first-order chi connectivity index (χ1) is 10.0. The molecule has 1 aromatic carbocycles. The lowest BCUT2D eigenvalue weighted by atomic mass is 10.1. The van der Waals surface area contributed by atoms with E-state index in [1.165, 1.54) is 12.1 Å². The molecule has 0 aliphatic rings. The van der Waals surface area contributed by atoms with Crippen LogP contribution in [0.2, 0.25) is 10.2 Å². The molecule has 0 spiro atoms. The third-order valence-corrected chi connectivity index (χ3v) is 3.64. The van der Waals surface area contributed by atoms with Gasteiger partial charge in [-0.2, -0.15) is 9.61 Å². The van der Waals surface area contributed by atoms with Crippen molar-refractivity contribution in [1.29, 1.82) is 0 Å². The van der Waals surface area contributed by atoms with Gasteiger partial charge in [0.2, 0.25) is 0 Å². The Morgan fingerprint density at radius 2 is 2.05 bits per heavy atom. The second-order valence-electron chi connectivity index (χ2n) is 4.60. The Kier molecular flexibility index (Phi) is 3.69. The van der Waals surface area contributed by atoms with Crippen molar-refractivity contribution in [3.63, 3.8) is 0 Å². The van der Waals surface area contributed by atoms with Crippen molar-refractivity contribution in [2.24, 2.45) is 0 Å². The van der Waals surface area contributed by atoms with E-state index in [2.05, 4.69) is 15.4 Å². The van der Waals surface area contributed by atoms with E-state index in [-0.39, 0.29) is 11.9 Å². The normalized spacial score (nSPS) is 12.6. The van der Waals surface area contributed by atoms with Gasteiger partial charge in [0.15, 0.2) is 5.65 Å². The molecule has 108 valence electrons. The third-order valence-electron chi connectivity index (χ3n) is 3.12. The first kappa shape index (κ1) is 14.1. The van der Waals surface area contributed by atoms with Crippen molar-refractivity contribution in [3.05, 3.63) is 58.1 Å². The Balaban J connectivity index is 1.96. The molecule has 0 aliphatic heterocycles. The summed E-state index contributed by atoms with van der Waals surface area (Å²) in [4.78, 5) is 4.16. The first-order valence-corrected chi connectivity index (χ1v) is 7.02. The molecule has 3 rings (SSSR count). The number of aromatic nitrogens is 3. The van der Waals surface area contributed by atoms with E-state index < -0.39 is 0 Å². The number of nitrogens with one attached hydrogen (secondary N) is 1. The molecule has 7 heteroatoms. The van der Waals surface area contributed by atoms with Gasteiger partial charge in [-0.1, -0.05) is 29.3 Å². The minimum Gasteiger partial charge on any atom is -0.363 e. The third kappa shape index (κ3) is 2.80. The quantitative estimate of drug-likeness (QED) is 0.728. The summed E-state index contributed by atoms with van der Waals surface area (Å²) in [6.07, 6.45) is 1.64. The summed E-state index contributed by atoms with van der Waals surface area (Å²) in [5.41, 5.74) is 1.42. The average molecular weight is 325 g/mol. The van der Waals surface area contributed by atoms with Gasteiger partial charge in [-0.05, 0) is 24.6 Å². The zero-order valence-electron chi connectivity index (χ0n) is 11.0. The number of fused-ring (bicyclic) bond motifs is 1. The second-order valence-corrected chi connectivity index (χ2v) is 5.39. The van der Waals surface area contributed by atoms with Gasteiger partial charge in [0.25, 0.3) is 0 Å². The first-order valence-electron chi connectivity index (χ1n) is 6.26. The number of hydrogen-bond donors (Lipinski definition) is 1. The van der Waals surface area contributed by atoms with E-state index >= 15 is 0 Å². The molecule has 0 fully saturated rings. The summed E-state index contributed by atoms with van der Waals surface area (Å²) in [5, 5.41) is 8.17. The fourth-order valence-electron chi connectivity index (χ4n) is 2.14. The standard InChI is InChI=1S/C14H11Cl2FN4/c1-8(10-3-2-9(17)6-11(10)15)19-14-7-12(16)20-13-4-5-18-21(13)14/h2-8,19H,1H3/t8-/m1/s1. The van der Waals surface area contributed by atoms with Crippen LogP contribution in [0.25, 0.3) is 5.65 Å². The fourth-order valence-corrected chi connectivity index (χ4v) is 2.66. The lowest BCUT2D eigenvalue weighted by Gasteiger charge is -2.17. The van der Waals surface area contributed by atoms with E-state index in [4.69, 9.17) is 23.2 Å². The predicted molar refractivity (Wildman–Crippen MR) is 81.4 cm³/mol. The summed E-state index contributed by atoms with van der Waals surface area (Å²) in [6, 6.07) is 7.60. The summed E-state index contributed by atoms with van der Waals surface area (Å²) in [5.74, 6) is 0.320. The average Bonchev–Trinajstić information content (AvgIpc) is 2.86. The fraction of sp³-hybridized carbons (Fsp3) is 0.143. The van der Waals surface area contributed by atoms with E-state index in [0.717, 1.165) is 5.56 Å². The van der Waals surface area contributed by atoms with Gasteiger partial charge in [-0.3, -0.25) is 0 Å². The number of rotatable bonds is 3. The van der Waals surface area contributed by atoms with E-state index in [9.17, 15) is 4.39 Å². The van der Waals surface area contributed by atoms with Crippen LogP contribution in [0.15, 0.2) is 36.5 Å². The molecule has 4 nitrogen and oxygen atoms in total. The lowest BCUT2D eigenvalue weighted by Crippen LogP contribution is -2.11. The highest BCUT2D eigenvalue weighted by molar-refractivity contribution is 6.31. The van der Waals surface area contributed by atoms with Gasteiger partial charge < -0.3 is 5.32 Å². The van der Waals surface area contributed by atoms with Crippen molar-refractivity contribution in [2.45, 2.75) is 13.0 Å². The Labute approximate surface area is 130 Å². The Morgan fingerprint density at radius 3 is 2.81 bits per heavy atom. The molecule has 0 saturated carbocycles. The zero-order valence-corrected chi connectivity index (χ0v) is 12.5. The second kappa shape index (κ2) is 5.50. The van der Waals surface area contributed by atoms with Crippen LogP contribution in [0.1, 0.15) is 18.5 Å². The monoisotopic (exact) mass is 324 g/mol. The van der Waals surface area contributed by atoms with Crippen molar-refractivity contribution >= 4 is 34.7 Å². The topological polar surface area (TPSA) is 42.2 Å². The summed E-state index contributed by atoms with van der Waals surface area (Å²) < 4.78 is 14.8. The maximum atomic E-state index is 13.1. The Hall–Kier alpha value is -1.85. The molecular weight excluding hydrogens is 314 g/mol. The molecule has 0 amide bonds. The molecule has 0 radical (unpaired) electrons. The van der Waals surface area contributed by atoms with Crippen LogP contribution in [0.5, 0.6) is 0 Å². The molecular formula is C14H11Cl2FN4. The summed E-state index contributed by atoms with van der Waals surface area (Å²) in [7, 11) is 0. The van der Waals surface area contributed by atoms with Crippen LogP contribution in [0, 0.1) is 5.82 Å². The molecule has 0 aliphatic carbocycles. The van der Waals surface area contributed by atoms with E-state index in [0.29, 0.717) is 21.6 Å². The molecule has 2 heterocycles. The van der Waals surface area contributed by atoms with E-state index in [1.54, 1.807) is 28.9 Å². The van der Waals surface area contributed by atoms with Gasteiger partial charge in [0, 0.05) is 17.2 Å². The minimum atomic E-state index is -0.364.